The highest BCUT2D eigenvalue weighted by Crippen LogP contribution is 2.33. The molecule has 1 aliphatic rings. The zero-order chi connectivity index (χ0) is 15.9. The van der Waals surface area contributed by atoms with Crippen molar-refractivity contribution in [2.75, 3.05) is 23.7 Å². The molecule has 1 aromatic rings. The number of benzene rings is 1. The number of carbonyl (C=O) groups is 2. The normalized spacial score (nSPS) is 13.0. The van der Waals surface area contributed by atoms with E-state index in [2.05, 4.69) is 10.6 Å². The van der Waals surface area contributed by atoms with E-state index in [1.807, 2.05) is 12.1 Å². The van der Waals surface area contributed by atoms with Gasteiger partial charge in [-0.3, -0.25) is 9.59 Å². The van der Waals surface area contributed by atoms with Crippen molar-refractivity contribution >= 4 is 22.9 Å². The number of nitrogens with zero attached hydrogens (tertiary/aromatic N) is 2. The highest BCUT2D eigenvalue weighted by Gasteiger charge is 2.29. The van der Waals surface area contributed by atoms with Crippen LogP contribution in [-0.2, 0) is 0 Å². The standard InChI is InChI=1S/C16H16N4O2/c17-7-1-9-19-11-3-4-12(20-10-2-8-18)16-14(22)6-5-13(21)15(11)16/h3-4,19-20H,1-2,5-6,9-10H2. The number of hydrogen-bond acceptors (Lipinski definition) is 6. The third-order valence-corrected chi connectivity index (χ3v) is 3.45. The number of hydrogen-bond donors (Lipinski definition) is 2. The number of rotatable bonds is 6. The molecule has 0 atom stereocenters. The Bertz CT molecular complexity index is 624. The summed E-state index contributed by atoms with van der Waals surface area (Å²) >= 11 is 0. The molecule has 0 saturated carbocycles. The number of ketones is 2. The molecule has 0 amide bonds. The van der Waals surface area contributed by atoms with Crippen molar-refractivity contribution in [2.45, 2.75) is 25.7 Å². The Balaban J connectivity index is 2.37. The molecule has 0 radical (unpaired) electrons. The van der Waals surface area contributed by atoms with E-state index >= 15 is 0 Å². The quantitative estimate of drug-likeness (QED) is 0.781. The number of nitrogens with one attached hydrogen (secondary N) is 2. The van der Waals surface area contributed by atoms with Gasteiger partial charge < -0.3 is 10.6 Å². The molecule has 0 aliphatic heterocycles. The predicted octanol–water partition coefficient (Wildman–Crippen LogP) is 2.50. The van der Waals surface area contributed by atoms with E-state index < -0.39 is 0 Å². The Morgan fingerprint density at radius 1 is 0.864 bits per heavy atom. The van der Waals surface area contributed by atoms with E-state index in [9.17, 15) is 9.59 Å². The van der Waals surface area contributed by atoms with E-state index in [4.69, 9.17) is 10.5 Å². The van der Waals surface area contributed by atoms with Crippen molar-refractivity contribution in [3.8, 4) is 12.1 Å². The van der Waals surface area contributed by atoms with Crippen molar-refractivity contribution in [3.05, 3.63) is 23.3 Å². The van der Waals surface area contributed by atoms with Crippen LogP contribution in [0.1, 0.15) is 46.4 Å². The zero-order valence-corrected chi connectivity index (χ0v) is 12.1. The molecule has 2 rings (SSSR count). The fourth-order valence-corrected chi connectivity index (χ4v) is 2.46. The summed E-state index contributed by atoms with van der Waals surface area (Å²) in [7, 11) is 0. The van der Waals surface area contributed by atoms with Crippen molar-refractivity contribution in [2.24, 2.45) is 0 Å². The monoisotopic (exact) mass is 296 g/mol. The van der Waals surface area contributed by atoms with E-state index in [0.717, 1.165) is 0 Å². The van der Waals surface area contributed by atoms with Gasteiger partial charge in [0.05, 0.1) is 36.1 Å². The number of fused-ring (bicyclic) bond motifs is 1. The third kappa shape index (κ3) is 3.24. The minimum absolute atomic E-state index is 0.0713. The summed E-state index contributed by atoms with van der Waals surface area (Å²) in [4.78, 5) is 24.5. The average Bonchev–Trinajstić information content (AvgIpc) is 2.52. The minimum atomic E-state index is -0.0713. The summed E-state index contributed by atoms with van der Waals surface area (Å²) in [5.74, 6) is -0.143. The van der Waals surface area contributed by atoms with Crippen LogP contribution < -0.4 is 10.6 Å². The molecule has 6 nitrogen and oxygen atoms in total. The lowest BCUT2D eigenvalue weighted by molar-refractivity contribution is 0.0891. The van der Waals surface area contributed by atoms with Crippen molar-refractivity contribution in [3.63, 3.8) is 0 Å². The van der Waals surface area contributed by atoms with Crippen LogP contribution in [0.15, 0.2) is 12.1 Å². The second-order valence-corrected chi connectivity index (χ2v) is 4.93. The highest BCUT2D eigenvalue weighted by atomic mass is 16.1. The summed E-state index contributed by atoms with van der Waals surface area (Å²) in [5.41, 5.74) is 1.98. The van der Waals surface area contributed by atoms with Crippen LogP contribution in [0.5, 0.6) is 0 Å². The van der Waals surface area contributed by atoms with Crippen LogP contribution in [-0.4, -0.2) is 24.7 Å². The highest BCUT2D eigenvalue weighted by molar-refractivity contribution is 6.19. The van der Waals surface area contributed by atoms with E-state index in [1.165, 1.54) is 0 Å². The van der Waals surface area contributed by atoms with Gasteiger partial charge in [0.25, 0.3) is 0 Å². The molecule has 22 heavy (non-hydrogen) atoms. The third-order valence-electron chi connectivity index (χ3n) is 3.45. The topological polar surface area (TPSA) is 106 Å². The maximum absolute atomic E-state index is 12.2. The second kappa shape index (κ2) is 7.24. The Hall–Kier alpha value is -2.86. The summed E-state index contributed by atoms with van der Waals surface area (Å²) < 4.78 is 0. The Morgan fingerprint density at radius 3 is 1.64 bits per heavy atom. The van der Waals surface area contributed by atoms with E-state index in [1.54, 1.807) is 12.1 Å². The molecule has 0 unspecified atom stereocenters. The Morgan fingerprint density at radius 2 is 1.27 bits per heavy atom. The van der Waals surface area contributed by atoms with Crippen LogP contribution in [0, 0.1) is 22.7 Å². The van der Waals surface area contributed by atoms with Crippen LogP contribution in [0.25, 0.3) is 0 Å². The molecule has 1 aromatic carbocycles. The molecular weight excluding hydrogens is 280 g/mol. The van der Waals surface area contributed by atoms with Crippen LogP contribution in [0.4, 0.5) is 11.4 Å². The molecule has 0 bridgehead atoms. The molecule has 2 N–H and O–H groups in total. The second-order valence-electron chi connectivity index (χ2n) is 4.93. The number of carbonyl (C=O) groups excluding carboxylic acids is 2. The molecule has 1 aliphatic carbocycles. The SMILES string of the molecule is N#CCCNc1ccc(NCCC#N)c2c1C(=O)CCC2=O. The molecule has 0 aromatic heterocycles. The number of Topliss-reactive ketones (excluding diaryl/α,β-unsaturated/α-hetero) is 2. The summed E-state index contributed by atoms with van der Waals surface area (Å²) in [6, 6.07) is 7.53. The van der Waals surface area contributed by atoms with Gasteiger partial charge in [-0.25, -0.2) is 0 Å². The van der Waals surface area contributed by atoms with Gasteiger partial charge in [0, 0.05) is 37.3 Å². The van der Waals surface area contributed by atoms with Gasteiger partial charge in [-0.2, -0.15) is 10.5 Å². The summed E-state index contributed by atoms with van der Waals surface area (Å²) in [5, 5.41) is 23.3. The van der Waals surface area contributed by atoms with Gasteiger partial charge in [-0.05, 0) is 12.1 Å². The first kappa shape index (κ1) is 15.5. The molecular formula is C16H16N4O2. The van der Waals surface area contributed by atoms with Crippen LogP contribution in [0.2, 0.25) is 0 Å². The number of nitriles is 2. The van der Waals surface area contributed by atoms with Gasteiger partial charge in [-0.1, -0.05) is 0 Å². The first-order valence-electron chi connectivity index (χ1n) is 7.14. The summed E-state index contributed by atoms with van der Waals surface area (Å²) in [6.45, 7) is 0.844. The van der Waals surface area contributed by atoms with Crippen molar-refractivity contribution < 1.29 is 9.59 Å². The lowest BCUT2D eigenvalue weighted by Crippen LogP contribution is -2.22. The zero-order valence-electron chi connectivity index (χ0n) is 12.1. The van der Waals surface area contributed by atoms with Crippen LogP contribution >= 0.6 is 0 Å². The van der Waals surface area contributed by atoms with Gasteiger partial charge >= 0.3 is 0 Å². The van der Waals surface area contributed by atoms with Crippen molar-refractivity contribution in [1.82, 2.24) is 0 Å². The first-order chi connectivity index (χ1) is 10.7. The largest absolute Gasteiger partial charge is 0.383 e. The summed E-state index contributed by atoms with van der Waals surface area (Å²) in [6.07, 6.45) is 1.05. The maximum Gasteiger partial charge on any atom is 0.166 e. The van der Waals surface area contributed by atoms with Gasteiger partial charge in [0.15, 0.2) is 11.6 Å². The van der Waals surface area contributed by atoms with E-state index in [0.29, 0.717) is 48.4 Å². The molecule has 6 heteroatoms. The maximum atomic E-state index is 12.2. The number of anilines is 2. The average molecular weight is 296 g/mol. The van der Waals surface area contributed by atoms with Crippen LogP contribution in [0.3, 0.4) is 0 Å². The first-order valence-corrected chi connectivity index (χ1v) is 7.14. The van der Waals surface area contributed by atoms with Crippen molar-refractivity contribution in [1.29, 1.82) is 10.5 Å². The Kier molecular flexibility index (Phi) is 5.11. The van der Waals surface area contributed by atoms with Gasteiger partial charge in [0.2, 0.25) is 0 Å². The fourth-order valence-electron chi connectivity index (χ4n) is 2.46. The predicted molar refractivity (Wildman–Crippen MR) is 81.8 cm³/mol. The van der Waals surface area contributed by atoms with Gasteiger partial charge in [-0.15, -0.1) is 0 Å². The fraction of sp³-hybridized carbons (Fsp3) is 0.375. The molecule has 0 saturated heterocycles. The minimum Gasteiger partial charge on any atom is -0.383 e. The van der Waals surface area contributed by atoms with Gasteiger partial charge in [0.1, 0.15) is 0 Å². The lowest BCUT2D eigenvalue weighted by atomic mass is 9.87. The lowest BCUT2D eigenvalue weighted by Gasteiger charge is -2.21. The molecule has 112 valence electrons. The molecule has 0 fully saturated rings. The van der Waals surface area contributed by atoms with E-state index in [-0.39, 0.29) is 24.4 Å². The Labute approximate surface area is 128 Å². The molecule has 0 heterocycles. The molecule has 0 spiro atoms. The smallest absolute Gasteiger partial charge is 0.166 e.